The van der Waals surface area contributed by atoms with Gasteiger partial charge in [0.15, 0.2) is 0 Å². The van der Waals surface area contributed by atoms with Crippen molar-refractivity contribution in [3.8, 4) is 0 Å². The lowest BCUT2D eigenvalue weighted by Crippen LogP contribution is -2.37. The third-order valence-electron chi connectivity index (χ3n) is 3.11. The number of nitrogens with two attached hydrogens (primary N) is 1. The van der Waals surface area contributed by atoms with E-state index in [0.29, 0.717) is 0 Å². The largest absolute Gasteiger partial charge is 0.349 e. The third-order valence-corrected chi connectivity index (χ3v) is 3.11. The van der Waals surface area contributed by atoms with Crippen LogP contribution in [0, 0.1) is 6.92 Å². The van der Waals surface area contributed by atoms with Crippen LogP contribution in [-0.2, 0) is 0 Å². The quantitative estimate of drug-likeness (QED) is 0.688. The number of pyridine rings is 1. The lowest BCUT2D eigenvalue weighted by atomic mass is 10.2. The van der Waals surface area contributed by atoms with Gasteiger partial charge >= 0.3 is 0 Å². The molecule has 5 heteroatoms. The molecule has 0 aromatic carbocycles. The van der Waals surface area contributed by atoms with Crippen molar-refractivity contribution in [2.75, 3.05) is 0 Å². The second-order valence-electron chi connectivity index (χ2n) is 4.63. The minimum atomic E-state index is -0.343. The molecule has 1 aromatic rings. The van der Waals surface area contributed by atoms with E-state index < -0.39 is 0 Å². The van der Waals surface area contributed by atoms with Crippen molar-refractivity contribution in [1.82, 2.24) is 10.3 Å². The topological polar surface area (TPSA) is 88.0 Å². The number of carbonyl (C=O) groups is 1. The predicted molar refractivity (Wildman–Crippen MR) is 64.9 cm³/mol. The van der Waals surface area contributed by atoms with Crippen LogP contribution in [0.1, 0.15) is 35.3 Å². The first-order chi connectivity index (χ1) is 8.06. The second-order valence-corrected chi connectivity index (χ2v) is 4.63. The highest BCUT2D eigenvalue weighted by atomic mass is 16.2. The summed E-state index contributed by atoms with van der Waals surface area (Å²) in [7, 11) is 0. The van der Waals surface area contributed by atoms with Crippen LogP contribution >= 0.6 is 0 Å². The van der Waals surface area contributed by atoms with Crippen LogP contribution < -0.4 is 16.6 Å². The molecule has 1 fully saturated rings. The summed E-state index contributed by atoms with van der Waals surface area (Å²) in [5, 5.41) is 2.85. The summed E-state index contributed by atoms with van der Waals surface area (Å²) in [6.45, 7) is 1.78. The van der Waals surface area contributed by atoms with E-state index in [2.05, 4.69) is 10.3 Å². The van der Waals surface area contributed by atoms with Gasteiger partial charge in [-0.2, -0.15) is 0 Å². The van der Waals surface area contributed by atoms with E-state index in [9.17, 15) is 9.59 Å². The van der Waals surface area contributed by atoms with Crippen molar-refractivity contribution >= 4 is 5.91 Å². The van der Waals surface area contributed by atoms with Crippen LogP contribution in [0.3, 0.4) is 0 Å². The SMILES string of the molecule is Cc1ccc(C(=O)N[C@@H]2CC[C@@H](N)C2)c(=O)[nH]1. The van der Waals surface area contributed by atoms with Crippen molar-refractivity contribution in [3.63, 3.8) is 0 Å². The number of carbonyl (C=O) groups excluding carboxylic acids is 1. The van der Waals surface area contributed by atoms with Crippen molar-refractivity contribution in [3.05, 3.63) is 33.7 Å². The fourth-order valence-corrected chi connectivity index (χ4v) is 2.16. The summed E-state index contributed by atoms with van der Waals surface area (Å²) in [4.78, 5) is 26.1. The highest BCUT2D eigenvalue weighted by molar-refractivity contribution is 5.94. The van der Waals surface area contributed by atoms with Crippen LogP contribution in [0.5, 0.6) is 0 Å². The molecule has 0 aliphatic heterocycles. The molecule has 0 spiro atoms. The molecule has 2 rings (SSSR count). The minimum absolute atomic E-state index is 0.0956. The molecule has 92 valence electrons. The molecule has 1 heterocycles. The first kappa shape index (κ1) is 11.9. The van der Waals surface area contributed by atoms with E-state index in [1.54, 1.807) is 19.1 Å². The van der Waals surface area contributed by atoms with Crippen molar-refractivity contribution in [1.29, 1.82) is 0 Å². The van der Waals surface area contributed by atoms with Gasteiger partial charge in [0.05, 0.1) is 0 Å². The zero-order chi connectivity index (χ0) is 12.4. The van der Waals surface area contributed by atoms with Crippen LogP contribution in [0.15, 0.2) is 16.9 Å². The number of aryl methyl sites for hydroxylation is 1. The third kappa shape index (κ3) is 2.74. The van der Waals surface area contributed by atoms with Crippen molar-refractivity contribution in [2.24, 2.45) is 5.73 Å². The number of aromatic nitrogens is 1. The first-order valence-corrected chi connectivity index (χ1v) is 5.82. The molecule has 4 N–H and O–H groups in total. The van der Waals surface area contributed by atoms with E-state index in [4.69, 9.17) is 5.73 Å². The standard InChI is InChI=1S/C12H17N3O2/c1-7-2-5-10(11(16)14-7)12(17)15-9-4-3-8(13)6-9/h2,5,8-9H,3-4,6,13H2,1H3,(H,14,16)(H,15,17)/t8-,9-/m1/s1. The monoisotopic (exact) mass is 235 g/mol. The van der Waals surface area contributed by atoms with Gasteiger partial charge in [-0.1, -0.05) is 0 Å². The Bertz CT molecular complexity index is 481. The van der Waals surface area contributed by atoms with E-state index >= 15 is 0 Å². The normalized spacial score (nSPS) is 23.6. The average molecular weight is 235 g/mol. The molecule has 0 unspecified atom stereocenters. The number of H-pyrrole nitrogens is 1. The molecule has 2 atom stereocenters. The Morgan fingerprint density at radius 1 is 1.47 bits per heavy atom. The summed E-state index contributed by atoms with van der Waals surface area (Å²) in [5.74, 6) is -0.314. The van der Waals surface area contributed by atoms with Gasteiger partial charge in [-0.05, 0) is 38.3 Å². The molecule has 1 aromatic heterocycles. The molecule has 17 heavy (non-hydrogen) atoms. The smallest absolute Gasteiger partial charge is 0.260 e. The van der Waals surface area contributed by atoms with Gasteiger partial charge in [0.25, 0.3) is 11.5 Å². The maximum absolute atomic E-state index is 11.9. The van der Waals surface area contributed by atoms with Gasteiger partial charge in [-0.25, -0.2) is 0 Å². The first-order valence-electron chi connectivity index (χ1n) is 5.82. The number of nitrogens with one attached hydrogen (secondary N) is 2. The summed E-state index contributed by atoms with van der Waals surface area (Å²) in [5.41, 5.74) is 6.34. The van der Waals surface area contributed by atoms with E-state index in [1.807, 2.05) is 0 Å². The Morgan fingerprint density at radius 2 is 2.24 bits per heavy atom. The number of aromatic amines is 1. The fraction of sp³-hybridized carbons (Fsp3) is 0.500. The Morgan fingerprint density at radius 3 is 2.82 bits per heavy atom. The highest BCUT2D eigenvalue weighted by Gasteiger charge is 2.24. The van der Waals surface area contributed by atoms with E-state index in [-0.39, 0.29) is 29.1 Å². The average Bonchev–Trinajstić information content (AvgIpc) is 2.63. The molecule has 1 aliphatic rings. The zero-order valence-corrected chi connectivity index (χ0v) is 9.82. The Labute approximate surface area is 99.4 Å². The molecule has 1 saturated carbocycles. The number of rotatable bonds is 2. The van der Waals surface area contributed by atoms with Crippen molar-refractivity contribution in [2.45, 2.75) is 38.3 Å². The molecule has 0 radical (unpaired) electrons. The Balaban J connectivity index is 2.07. The van der Waals surface area contributed by atoms with Gasteiger partial charge in [-0.15, -0.1) is 0 Å². The summed E-state index contributed by atoms with van der Waals surface area (Å²) in [6, 6.07) is 3.53. The predicted octanol–water partition coefficient (Wildman–Crippen LogP) is 0.293. The molecule has 5 nitrogen and oxygen atoms in total. The van der Waals surface area contributed by atoms with Crippen LogP contribution in [0.2, 0.25) is 0 Å². The van der Waals surface area contributed by atoms with Gasteiger partial charge in [0.2, 0.25) is 0 Å². The zero-order valence-electron chi connectivity index (χ0n) is 9.82. The lowest BCUT2D eigenvalue weighted by Gasteiger charge is -2.11. The summed E-state index contributed by atoms with van der Waals surface area (Å²) < 4.78 is 0. The Kier molecular flexibility index (Phi) is 3.28. The van der Waals surface area contributed by atoms with Gasteiger partial charge in [-0.3, -0.25) is 9.59 Å². The maximum Gasteiger partial charge on any atom is 0.260 e. The summed E-state index contributed by atoms with van der Waals surface area (Å²) in [6.07, 6.45) is 2.60. The van der Waals surface area contributed by atoms with Gasteiger partial charge < -0.3 is 16.0 Å². The molecule has 1 amide bonds. The second kappa shape index (κ2) is 4.71. The number of amides is 1. The molecule has 0 bridgehead atoms. The summed E-state index contributed by atoms with van der Waals surface area (Å²) >= 11 is 0. The fourth-order valence-electron chi connectivity index (χ4n) is 2.16. The van der Waals surface area contributed by atoms with Crippen LogP contribution in [-0.4, -0.2) is 23.0 Å². The molecular formula is C12H17N3O2. The van der Waals surface area contributed by atoms with Gasteiger partial charge in [0.1, 0.15) is 5.56 Å². The number of hydrogen-bond acceptors (Lipinski definition) is 3. The molecule has 0 saturated heterocycles. The van der Waals surface area contributed by atoms with E-state index in [1.165, 1.54) is 0 Å². The van der Waals surface area contributed by atoms with Crippen molar-refractivity contribution < 1.29 is 4.79 Å². The lowest BCUT2D eigenvalue weighted by molar-refractivity contribution is 0.0936. The minimum Gasteiger partial charge on any atom is -0.349 e. The van der Waals surface area contributed by atoms with Gasteiger partial charge in [0, 0.05) is 17.8 Å². The molecular weight excluding hydrogens is 218 g/mol. The van der Waals surface area contributed by atoms with Crippen LogP contribution in [0.4, 0.5) is 0 Å². The highest BCUT2D eigenvalue weighted by Crippen LogP contribution is 2.17. The molecule has 1 aliphatic carbocycles. The number of hydrogen-bond donors (Lipinski definition) is 3. The maximum atomic E-state index is 11.9. The van der Waals surface area contributed by atoms with Crippen LogP contribution in [0.25, 0.3) is 0 Å². The van der Waals surface area contributed by atoms with E-state index in [0.717, 1.165) is 25.0 Å². The Hall–Kier alpha value is -1.62.